The standard InChI is InChI=1S/C27H22Cl2N4O2/c1-16-6-9-20(29)13-23(16)32-27(34)22-15-30-33-25(17-7-10-19(28)11-8-17)14-24(31-26(22)33)18-4-3-5-21(12-18)35-2/h3-15,25,31H,1-2H3,(H,32,34)/t25-/m1/s1. The Labute approximate surface area is 213 Å². The number of carbonyl (C=O) groups excluding carboxylic acids is 1. The zero-order valence-electron chi connectivity index (χ0n) is 19.0. The predicted molar refractivity (Wildman–Crippen MR) is 141 cm³/mol. The zero-order chi connectivity index (χ0) is 24.5. The number of anilines is 2. The average molecular weight is 505 g/mol. The van der Waals surface area contributed by atoms with E-state index in [2.05, 4.69) is 21.8 Å². The van der Waals surface area contributed by atoms with Crippen LogP contribution in [0.3, 0.4) is 0 Å². The number of aromatic nitrogens is 2. The molecule has 4 aromatic rings. The number of hydrogen-bond donors (Lipinski definition) is 2. The van der Waals surface area contributed by atoms with Crippen LogP contribution in [-0.4, -0.2) is 22.8 Å². The predicted octanol–water partition coefficient (Wildman–Crippen LogP) is 6.82. The molecule has 8 heteroatoms. The Kier molecular flexibility index (Phi) is 6.24. The Balaban J connectivity index is 1.57. The minimum Gasteiger partial charge on any atom is -0.497 e. The summed E-state index contributed by atoms with van der Waals surface area (Å²) in [4.78, 5) is 13.3. The summed E-state index contributed by atoms with van der Waals surface area (Å²) in [5.41, 5.74) is 4.72. The van der Waals surface area contributed by atoms with Crippen LogP contribution >= 0.6 is 23.2 Å². The van der Waals surface area contributed by atoms with Crippen molar-refractivity contribution in [1.82, 2.24) is 9.78 Å². The monoisotopic (exact) mass is 504 g/mol. The number of carbonyl (C=O) groups is 1. The van der Waals surface area contributed by atoms with Crippen LogP contribution in [0.4, 0.5) is 11.5 Å². The molecule has 0 fully saturated rings. The second-order valence-electron chi connectivity index (χ2n) is 8.20. The number of hydrogen-bond acceptors (Lipinski definition) is 4. The van der Waals surface area contributed by atoms with Gasteiger partial charge in [-0.05, 0) is 60.5 Å². The molecule has 0 radical (unpaired) electrons. The van der Waals surface area contributed by atoms with Crippen LogP contribution in [0.5, 0.6) is 5.75 Å². The number of fused-ring (bicyclic) bond motifs is 1. The number of nitrogens with zero attached hydrogens (tertiary/aromatic N) is 2. The highest BCUT2D eigenvalue weighted by Crippen LogP contribution is 2.36. The van der Waals surface area contributed by atoms with Crippen LogP contribution in [0.2, 0.25) is 10.0 Å². The van der Waals surface area contributed by atoms with E-state index in [1.165, 1.54) is 0 Å². The van der Waals surface area contributed by atoms with Crippen molar-refractivity contribution in [2.75, 3.05) is 17.7 Å². The highest BCUT2D eigenvalue weighted by Gasteiger charge is 2.28. The molecule has 0 unspecified atom stereocenters. The van der Waals surface area contributed by atoms with Crippen molar-refractivity contribution in [2.45, 2.75) is 13.0 Å². The summed E-state index contributed by atoms with van der Waals surface area (Å²) in [5, 5.41) is 12.1. The molecule has 6 nitrogen and oxygen atoms in total. The van der Waals surface area contributed by atoms with Crippen molar-refractivity contribution >= 4 is 46.3 Å². The lowest BCUT2D eigenvalue weighted by Gasteiger charge is -2.26. The number of allylic oxidation sites excluding steroid dienone is 1. The van der Waals surface area contributed by atoms with Crippen LogP contribution in [0.25, 0.3) is 5.70 Å². The van der Waals surface area contributed by atoms with E-state index in [0.29, 0.717) is 27.1 Å². The van der Waals surface area contributed by atoms with Crippen molar-refractivity contribution in [3.8, 4) is 5.75 Å². The molecule has 1 aliphatic heterocycles. The number of benzene rings is 3. The number of ether oxygens (including phenoxy) is 1. The van der Waals surface area contributed by atoms with Gasteiger partial charge < -0.3 is 15.4 Å². The number of halogens is 2. The quantitative estimate of drug-likeness (QED) is 0.313. The average Bonchev–Trinajstić information content (AvgIpc) is 3.30. The van der Waals surface area contributed by atoms with Gasteiger partial charge in [0.25, 0.3) is 5.91 Å². The van der Waals surface area contributed by atoms with E-state index in [4.69, 9.17) is 27.9 Å². The van der Waals surface area contributed by atoms with Gasteiger partial charge in [0.05, 0.1) is 19.3 Å². The van der Waals surface area contributed by atoms with Gasteiger partial charge in [0.15, 0.2) is 0 Å². The molecule has 0 bridgehead atoms. The third-order valence-corrected chi connectivity index (χ3v) is 6.41. The maximum Gasteiger partial charge on any atom is 0.261 e. The van der Waals surface area contributed by atoms with E-state index in [0.717, 1.165) is 28.1 Å². The van der Waals surface area contributed by atoms with Gasteiger partial charge in [-0.15, -0.1) is 0 Å². The summed E-state index contributed by atoms with van der Waals surface area (Å²) in [7, 11) is 1.63. The summed E-state index contributed by atoms with van der Waals surface area (Å²) >= 11 is 12.3. The fourth-order valence-electron chi connectivity index (χ4n) is 4.04. The van der Waals surface area contributed by atoms with Crippen LogP contribution < -0.4 is 15.4 Å². The molecule has 1 atom stereocenters. The SMILES string of the molecule is COc1cccc(C2=C[C@H](c3ccc(Cl)cc3)n3ncc(C(=O)Nc4cc(Cl)ccc4C)c3N2)c1. The first-order valence-corrected chi connectivity index (χ1v) is 11.7. The summed E-state index contributed by atoms with van der Waals surface area (Å²) < 4.78 is 7.21. The van der Waals surface area contributed by atoms with E-state index in [1.807, 2.05) is 61.5 Å². The first kappa shape index (κ1) is 23.0. The molecule has 2 N–H and O–H groups in total. The molecule has 0 spiro atoms. The molecule has 1 amide bonds. The second-order valence-corrected chi connectivity index (χ2v) is 9.07. The van der Waals surface area contributed by atoms with Crippen LogP contribution in [-0.2, 0) is 0 Å². The molecule has 0 saturated heterocycles. The van der Waals surface area contributed by atoms with Gasteiger partial charge in [0.1, 0.15) is 17.1 Å². The fraction of sp³-hybridized carbons (Fsp3) is 0.111. The van der Waals surface area contributed by atoms with Gasteiger partial charge >= 0.3 is 0 Å². The molecular formula is C27H22Cl2N4O2. The summed E-state index contributed by atoms with van der Waals surface area (Å²) in [6.45, 7) is 1.91. The minimum absolute atomic E-state index is 0.251. The number of nitrogens with one attached hydrogen (secondary N) is 2. The van der Waals surface area contributed by atoms with Crippen molar-refractivity contribution in [2.24, 2.45) is 0 Å². The van der Waals surface area contributed by atoms with Gasteiger partial charge in [-0.25, -0.2) is 4.68 Å². The van der Waals surface area contributed by atoms with E-state index in [9.17, 15) is 4.79 Å². The summed E-state index contributed by atoms with van der Waals surface area (Å²) in [5.74, 6) is 1.04. The molecule has 0 saturated carbocycles. The first-order valence-electron chi connectivity index (χ1n) is 11.0. The molecule has 5 rings (SSSR count). The van der Waals surface area contributed by atoms with E-state index < -0.39 is 0 Å². The molecule has 35 heavy (non-hydrogen) atoms. The van der Waals surface area contributed by atoms with Gasteiger partial charge in [0, 0.05) is 27.0 Å². The summed E-state index contributed by atoms with van der Waals surface area (Å²) in [6, 6.07) is 20.5. The lowest BCUT2D eigenvalue weighted by molar-refractivity contribution is 0.102. The summed E-state index contributed by atoms with van der Waals surface area (Å²) in [6.07, 6.45) is 3.64. The van der Waals surface area contributed by atoms with Crippen molar-refractivity contribution in [1.29, 1.82) is 0 Å². The lowest BCUT2D eigenvalue weighted by Crippen LogP contribution is -2.22. The molecule has 2 heterocycles. The topological polar surface area (TPSA) is 68.2 Å². The van der Waals surface area contributed by atoms with Crippen LogP contribution in [0.1, 0.15) is 33.1 Å². The molecule has 176 valence electrons. The highest BCUT2D eigenvalue weighted by molar-refractivity contribution is 6.31. The number of aryl methyl sites for hydroxylation is 1. The maximum atomic E-state index is 13.3. The Morgan fingerprint density at radius 3 is 2.60 bits per heavy atom. The van der Waals surface area contributed by atoms with E-state index in [-0.39, 0.29) is 11.9 Å². The normalized spacial score (nSPS) is 14.5. The van der Waals surface area contributed by atoms with Gasteiger partial charge in [-0.2, -0.15) is 5.10 Å². The molecule has 3 aromatic carbocycles. The maximum absolute atomic E-state index is 13.3. The van der Waals surface area contributed by atoms with Crippen LogP contribution in [0, 0.1) is 6.92 Å². The number of rotatable bonds is 5. The highest BCUT2D eigenvalue weighted by atomic mass is 35.5. The minimum atomic E-state index is -0.286. The third kappa shape index (κ3) is 4.63. The van der Waals surface area contributed by atoms with Crippen molar-refractivity contribution in [3.63, 3.8) is 0 Å². The fourth-order valence-corrected chi connectivity index (χ4v) is 4.33. The molecule has 1 aliphatic rings. The van der Waals surface area contributed by atoms with Gasteiger partial charge in [-0.1, -0.05) is 53.5 Å². The number of methoxy groups -OCH3 is 1. The van der Waals surface area contributed by atoms with Gasteiger partial charge in [0.2, 0.25) is 0 Å². The van der Waals surface area contributed by atoms with Crippen molar-refractivity contribution in [3.05, 3.63) is 111 Å². The van der Waals surface area contributed by atoms with E-state index in [1.54, 1.807) is 30.1 Å². The Morgan fingerprint density at radius 2 is 1.83 bits per heavy atom. The molecule has 1 aromatic heterocycles. The van der Waals surface area contributed by atoms with Gasteiger partial charge in [-0.3, -0.25) is 4.79 Å². The first-order chi connectivity index (χ1) is 16.9. The largest absolute Gasteiger partial charge is 0.497 e. The van der Waals surface area contributed by atoms with Crippen LogP contribution in [0.15, 0.2) is 79.0 Å². The Morgan fingerprint density at radius 1 is 1.06 bits per heavy atom. The molecule has 0 aliphatic carbocycles. The Hall–Kier alpha value is -3.74. The van der Waals surface area contributed by atoms with E-state index >= 15 is 0 Å². The number of amides is 1. The second kappa shape index (κ2) is 9.49. The third-order valence-electron chi connectivity index (χ3n) is 5.92. The lowest BCUT2D eigenvalue weighted by atomic mass is 10.0. The smallest absolute Gasteiger partial charge is 0.261 e. The Bertz CT molecular complexity index is 1440. The van der Waals surface area contributed by atoms with Crippen molar-refractivity contribution < 1.29 is 9.53 Å². The zero-order valence-corrected chi connectivity index (χ0v) is 20.6. The molecular weight excluding hydrogens is 483 g/mol.